The van der Waals surface area contributed by atoms with Crippen molar-refractivity contribution in [2.75, 3.05) is 0 Å². The van der Waals surface area contributed by atoms with Crippen molar-refractivity contribution in [3.63, 3.8) is 0 Å². The van der Waals surface area contributed by atoms with Gasteiger partial charge < -0.3 is 9.67 Å². The Kier molecular flexibility index (Phi) is 6.00. The first-order valence-electron chi connectivity index (χ1n) is 8.92. The predicted octanol–water partition coefficient (Wildman–Crippen LogP) is 2.48. The molecule has 0 aliphatic rings. The summed E-state index contributed by atoms with van der Waals surface area (Å²) >= 11 is 0. The van der Waals surface area contributed by atoms with Gasteiger partial charge in [-0.25, -0.2) is 4.68 Å². The molecule has 3 aromatic rings. The standard InChI is InChI=1S/C20H21N5O2/c21-13-16-6-4-7-17(12-16)14-25-15-18(22-23-25)8-2-1-3-10-24-11-5-9-19(26)20(24)27/h4-7,9,11-12,15,26H,1-3,8,10,14H2. The Balaban J connectivity index is 1.44. The van der Waals surface area contributed by atoms with Gasteiger partial charge in [-0.2, -0.15) is 5.26 Å². The van der Waals surface area contributed by atoms with E-state index in [1.807, 2.05) is 24.4 Å². The first-order chi connectivity index (χ1) is 13.2. The van der Waals surface area contributed by atoms with Crippen LogP contribution in [-0.2, 0) is 19.5 Å². The lowest BCUT2D eigenvalue weighted by molar-refractivity contribution is 0.453. The quantitative estimate of drug-likeness (QED) is 0.620. The third kappa shape index (κ3) is 5.05. The number of hydrogen-bond donors (Lipinski definition) is 1. The fraction of sp³-hybridized carbons (Fsp3) is 0.300. The van der Waals surface area contributed by atoms with Gasteiger partial charge in [-0.15, -0.1) is 5.10 Å². The fourth-order valence-corrected chi connectivity index (χ4v) is 2.92. The lowest BCUT2D eigenvalue weighted by Crippen LogP contribution is -2.18. The molecule has 7 nitrogen and oxygen atoms in total. The van der Waals surface area contributed by atoms with Crippen LogP contribution < -0.4 is 5.56 Å². The van der Waals surface area contributed by atoms with Gasteiger partial charge in [0.25, 0.3) is 5.56 Å². The van der Waals surface area contributed by atoms with E-state index >= 15 is 0 Å². The molecule has 0 radical (unpaired) electrons. The number of pyridine rings is 1. The number of nitrogens with zero attached hydrogens (tertiary/aromatic N) is 5. The summed E-state index contributed by atoms with van der Waals surface area (Å²) in [6, 6.07) is 12.7. The van der Waals surface area contributed by atoms with Gasteiger partial charge in [0.2, 0.25) is 0 Å². The summed E-state index contributed by atoms with van der Waals surface area (Å²) in [6.45, 7) is 1.18. The summed E-state index contributed by atoms with van der Waals surface area (Å²) in [5.41, 5.74) is 2.24. The second-order valence-corrected chi connectivity index (χ2v) is 6.42. The Hall–Kier alpha value is -3.40. The summed E-state index contributed by atoms with van der Waals surface area (Å²) in [5.74, 6) is -0.213. The highest BCUT2D eigenvalue weighted by molar-refractivity contribution is 5.32. The van der Waals surface area contributed by atoms with Crippen molar-refractivity contribution in [1.29, 1.82) is 5.26 Å². The SMILES string of the molecule is N#Cc1cccc(Cn2cc(CCCCCn3cccc(O)c3=O)nn2)c1. The maximum Gasteiger partial charge on any atom is 0.292 e. The van der Waals surface area contributed by atoms with Gasteiger partial charge in [0.15, 0.2) is 5.75 Å². The normalized spacial score (nSPS) is 10.6. The molecule has 0 aliphatic heterocycles. The largest absolute Gasteiger partial charge is 0.503 e. The third-order valence-electron chi connectivity index (χ3n) is 4.32. The van der Waals surface area contributed by atoms with Gasteiger partial charge in [0, 0.05) is 18.9 Å². The van der Waals surface area contributed by atoms with Crippen molar-refractivity contribution >= 4 is 0 Å². The van der Waals surface area contributed by atoms with E-state index in [1.165, 1.54) is 10.6 Å². The van der Waals surface area contributed by atoms with E-state index in [0.29, 0.717) is 18.7 Å². The highest BCUT2D eigenvalue weighted by Gasteiger charge is 2.04. The summed E-state index contributed by atoms with van der Waals surface area (Å²) in [6.07, 6.45) is 7.22. The maximum atomic E-state index is 11.7. The van der Waals surface area contributed by atoms with Crippen LogP contribution in [0.3, 0.4) is 0 Å². The van der Waals surface area contributed by atoms with Crippen LogP contribution in [0, 0.1) is 11.3 Å². The van der Waals surface area contributed by atoms with Crippen LogP contribution in [0.5, 0.6) is 5.75 Å². The van der Waals surface area contributed by atoms with Crippen LogP contribution >= 0.6 is 0 Å². The molecule has 2 aromatic heterocycles. The van der Waals surface area contributed by atoms with E-state index in [0.717, 1.165) is 36.9 Å². The monoisotopic (exact) mass is 363 g/mol. The molecular formula is C20H21N5O2. The molecule has 0 amide bonds. The van der Waals surface area contributed by atoms with Crippen molar-refractivity contribution in [1.82, 2.24) is 19.6 Å². The molecule has 138 valence electrons. The highest BCUT2D eigenvalue weighted by Crippen LogP contribution is 2.08. The van der Waals surface area contributed by atoms with Crippen LogP contribution in [0.1, 0.15) is 36.1 Å². The maximum absolute atomic E-state index is 11.7. The number of benzene rings is 1. The van der Waals surface area contributed by atoms with Crippen LogP contribution in [0.4, 0.5) is 0 Å². The average Bonchev–Trinajstić information content (AvgIpc) is 3.12. The number of aromatic hydroxyl groups is 1. The fourth-order valence-electron chi connectivity index (χ4n) is 2.92. The highest BCUT2D eigenvalue weighted by atomic mass is 16.3. The lowest BCUT2D eigenvalue weighted by atomic mass is 10.1. The Bertz CT molecular complexity index is 1000. The van der Waals surface area contributed by atoms with E-state index in [2.05, 4.69) is 16.4 Å². The summed E-state index contributed by atoms with van der Waals surface area (Å²) in [4.78, 5) is 11.7. The minimum absolute atomic E-state index is 0.213. The minimum atomic E-state index is -0.346. The van der Waals surface area contributed by atoms with Crippen molar-refractivity contribution in [2.45, 2.75) is 38.8 Å². The van der Waals surface area contributed by atoms with E-state index < -0.39 is 0 Å². The third-order valence-corrected chi connectivity index (χ3v) is 4.32. The number of aromatic nitrogens is 4. The second kappa shape index (κ2) is 8.81. The molecule has 7 heteroatoms. The molecule has 3 rings (SSSR count). The van der Waals surface area contributed by atoms with Crippen LogP contribution in [0.15, 0.2) is 53.6 Å². The van der Waals surface area contributed by atoms with E-state index in [1.54, 1.807) is 23.0 Å². The van der Waals surface area contributed by atoms with Crippen LogP contribution in [-0.4, -0.2) is 24.7 Å². The van der Waals surface area contributed by atoms with Crippen molar-refractivity contribution < 1.29 is 5.11 Å². The zero-order valence-corrected chi connectivity index (χ0v) is 15.0. The number of aryl methyl sites for hydroxylation is 2. The molecule has 1 aromatic carbocycles. The van der Waals surface area contributed by atoms with Crippen LogP contribution in [0.2, 0.25) is 0 Å². The van der Waals surface area contributed by atoms with Crippen LogP contribution in [0.25, 0.3) is 0 Å². The first-order valence-corrected chi connectivity index (χ1v) is 8.92. The Morgan fingerprint density at radius 1 is 1.15 bits per heavy atom. The number of hydrogen-bond acceptors (Lipinski definition) is 5. The predicted molar refractivity (Wildman–Crippen MR) is 100 cm³/mol. The molecular weight excluding hydrogens is 342 g/mol. The Morgan fingerprint density at radius 3 is 2.89 bits per heavy atom. The van der Waals surface area contributed by atoms with Gasteiger partial charge in [0.05, 0.1) is 23.9 Å². The molecule has 0 spiro atoms. The topological polar surface area (TPSA) is 96.7 Å². The average molecular weight is 363 g/mol. The minimum Gasteiger partial charge on any atom is -0.503 e. The van der Waals surface area contributed by atoms with Crippen molar-refractivity contribution in [3.8, 4) is 11.8 Å². The molecule has 0 saturated heterocycles. The molecule has 0 bridgehead atoms. The summed E-state index contributed by atoms with van der Waals surface area (Å²) in [7, 11) is 0. The van der Waals surface area contributed by atoms with E-state index in [4.69, 9.17) is 5.26 Å². The van der Waals surface area contributed by atoms with Crippen molar-refractivity contribution in [3.05, 3.63) is 76.0 Å². The number of rotatable bonds is 8. The van der Waals surface area contributed by atoms with Crippen molar-refractivity contribution in [2.24, 2.45) is 0 Å². The molecule has 1 N–H and O–H groups in total. The van der Waals surface area contributed by atoms with E-state index in [-0.39, 0.29) is 11.3 Å². The van der Waals surface area contributed by atoms with Gasteiger partial charge in [-0.05, 0) is 49.1 Å². The lowest BCUT2D eigenvalue weighted by Gasteiger charge is -2.05. The first kappa shape index (κ1) is 18.4. The Morgan fingerprint density at radius 2 is 2.04 bits per heavy atom. The summed E-state index contributed by atoms with van der Waals surface area (Å²) < 4.78 is 3.30. The zero-order valence-electron chi connectivity index (χ0n) is 15.0. The smallest absolute Gasteiger partial charge is 0.292 e. The molecule has 0 fully saturated rings. The van der Waals surface area contributed by atoms with Gasteiger partial charge in [-0.3, -0.25) is 4.79 Å². The van der Waals surface area contributed by atoms with Gasteiger partial charge in [-0.1, -0.05) is 23.8 Å². The number of unbranched alkanes of at least 4 members (excludes halogenated alkanes) is 2. The van der Waals surface area contributed by atoms with Gasteiger partial charge >= 0.3 is 0 Å². The second-order valence-electron chi connectivity index (χ2n) is 6.42. The molecule has 0 unspecified atom stereocenters. The van der Waals surface area contributed by atoms with Gasteiger partial charge in [0.1, 0.15) is 0 Å². The molecule has 0 saturated carbocycles. The zero-order chi connectivity index (χ0) is 19.1. The molecule has 0 atom stereocenters. The molecule has 27 heavy (non-hydrogen) atoms. The molecule has 0 aliphatic carbocycles. The van der Waals surface area contributed by atoms with E-state index in [9.17, 15) is 9.90 Å². The molecule has 2 heterocycles. The summed E-state index contributed by atoms with van der Waals surface area (Å²) in [5, 5.41) is 26.7. The number of nitriles is 1. The Labute approximate surface area is 157 Å².